The third-order valence-corrected chi connectivity index (χ3v) is 4.94. The summed E-state index contributed by atoms with van der Waals surface area (Å²) in [6.07, 6.45) is -7.10. The van der Waals surface area contributed by atoms with Gasteiger partial charge in [0.15, 0.2) is 6.29 Å². The molecule has 0 radical (unpaired) electrons. The molecule has 1 aliphatic rings. The molecule has 5 atom stereocenters. The van der Waals surface area contributed by atoms with Crippen molar-refractivity contribution in [2.45, 2.75) is 30.7 Å². The van der Waals surface area contributed by atoms with Gasteiger partial charge in [0.05, 0.1) is 19.8 Å². The first-order chi connectivity index (χ1) is 15.5. The van der Waals surface area contributed by atoms with E-state index in [1.54, 1.807) is 0 Å². The molecule has 0 aromatic heterocycles. The summed E-state index contributed by atoms with van der Waals surface area (Å²) in [6, 6.07) is 13.8. The van der Waals surface area contributed by atoms with E-state index in [-0.39, 0.29) is 13.2 Å². The minimum Gasteiger partial charge on any atom is -0.491 e. The Bertz CT molecular complexity index is 859. The molecule has 176 valence electrons. The minimum absolute atomic E-state index is 0.0149. The maximum atomic E-state index is 11.8. The van der Waals surface area contributed by atoms with Crippen molar-refractivity contribution in [1.29, 1.82) is 0 Å². The fraction of sp³-hybridized carbons (Fsp3) is 0.500. The number of carbonyl (C=O) groups is 1. The minimum atomic E-state index is -1.65. The van der Waals surface area contributed by atoms with Crippen molar-refractivity contribution in [3.05, 3.63) is 42.5 Å². The van der Waals surface area contributed by atoms with E-state index >= 15 is 0 Å². The maximum absolute atomic E-state index is 11.8. The summed E-state index contributed by atoms with van der Waals surface area (Å²) < 4.78 is 26.0. The summed E-state index contributed by atoms with van der Waals surface area (Å²) in [5.41, 5.74) is 0. The van der Waals surface area contributed by atoms with Crippen LogP contribution in [0.4, 0.5) is 0 Å². The van der Waals surface area contributed by atoms with Crippen LogP contribution in [0.2, 0.25) is 0 Å². The lowest BCUT2D eigenvalue weighted by Crippen LogP contribution is -2.59. The quantitative estimate of drug-likeness (QED) is 0.262. The van der Waals surface area contributed by atoms with Crippen LogP contribution in [0.5, 0.6) is 5.75 Å². The van der Waals surface area contributed by atoms with Crippen molar-refractivity contribution in [2.75, 3.05) is 39.6 Å². The Hall–Kier alpha value is -2.31. The SMILES string of the molecule is O=C(CO[C@H]1[C@H](O)[C@@H](CO)OC(O)[C@@H]1O)OCCOCCOc1ccc2ccccc2c1. The Kier molecular flexibility index (Phi) is 9.18. The Labute approximate surface area is 184 Å². The molecule has 10 heteroatoms. The van der Waals surface area contributed by atoms with Crippen LogP contribution in [0.15, 0.2) is 42.5 Å². The summed E-state index contributed by atoms with van der Waals surface area (Å²) in [4.78, 5) is 11.8. The number of benzene rings is 2. The van der Waals surface area contributed by atoms with E-state index in [2.05, 4.69) is 0 Å². The zero-order chi connectivity index (χ0) is 22.9. The predicted molar refractivity (Wildman–Crippen MR) is 111 cm³/mol. The molecule has 32 heavy (non-hydrogen) atoms. The van der Waals surface area contributed by atoms with Gasteiger partial charge in [0.2, 0.25) is 0 Å². The lowest BCUT2D eigenvalue weighted by atomic mass is 9.99. The summed E-state index contributed by atoms with van der Waals surface area (Å²) in [7, 11) is 0. The predicted octanol–water partition coefficient (Wildman–Crippen LogP) is -0.405. The number of ether oxygens (including phenoxy) is 5. The van der Waals surface area contributed by atoms with E-state index in [1.165, 1.54) is 0 Å². The van der Waals surface area contributed by atoms with Crippen LogP contribution in [0.1, 0.15) is 0 Å². The standard InChI is InChI=1S/C22H28O10/c23-12-17-19(25)21(20(26)22(27)32-17)31-13-18(24)30-10-8-28-7-9-29-16-6-5-14-3-1-2-4-15(14)11-16/h1-6,11,17,19-23,25-27H,7-10,12-13H2/t17-,19-,20-,21+,22?/m1/s1. The van der Waals surface area contributed by atoms with Gasteiger partial charge in [-0.3, -0.25) is 0 Å². The number of esters is 1. The van der Waals surface area contributed by atoms with Crippen LogP contribution in [0.25, 0.3) is 10.8 Å². The zero-order valence-corrected chi connectivity index (χ0v) is 17.4. The normalized spacial score (nSPS) is 25.6. The molecule has 1 fully saturated rings. The average molecular weight is 452 g/mol. The van der Waals surface area contributed by atoms with Crippen LogP contribution >= 0.6 is 0 Å². The molecule has 0 aliphatic carbocycles. The molecule has 4 N–H and O–H groups in total. The lowest BCUT2D eigenvalue weighted by Gasteiger charge is -2.39. The summed E-state index contributed by atoms with van der Waals surface area (Å²) in [6.45, 7) is -0.365. The van der Waals surface area contributed by atoms with Crippen molar-refractivity contribution in [2.24, 2.45) is 0 Å². The number of carbonyl (C=O) groups excluding carboxylic acids is 1. The second-order valence-electron chi connectivity index (χ2n) is 7.19. The van der Waals surface area contributed by atoms with Crippen molar-refractivity contribution in [3.63, 3.8) is 0 Å². The van der Waals surface area contributed by atoms with Crippen LogP contribution < -0.4 is 4.74 Å². The Morgan fingerprint density at radius 1 is 0.938 bits per heavy atom. The molecule has 3 rings (SSSR count). The molecule has 0 bridgehead atoms. The average Bonchev–Trinajstić information content (AvgIpc) is 2.80. The summed E-state index contributed by atoms with van der Waals surface area (Å²) in [5.74, 6) is 0.00358. The van der Waals surface area contributed by atoms with Gasteiger partial charge in [-0.05, 0) is 22.9 Å². The van der Waals surface area contributed by atoms with Gasteiger partial charge in [0.25, 0.3) is 0 Å². The molecule has 0 amide bonds. The zero-order valence-electron chi connectivity index (χ0n) is 17.4. The number of hydrogen-bond acceptors (Lipinski definition) is 10. The van der Waals surface area contributed by atoms with Gasteiger partial charge in [-0.15, -0.1) is 0 Å². The van der Waals surface area contributed by atoms with Crippen LogP contribution in [-0.2, 0) is 23.7 Å². The van der Waals surface area contributed by atoms with E-state index in [0.717, 1.165) is 16.5 Å². The van der Waals surface area contributed by atoms with E-state index in [4.69, 9.17) is 28.8 Å². The van der Waals surface area contributed by atoms with Gasteiger partial charge in [-0.2, -0.15) is 0 Å². The van der Waals surface area contributed by atoms with Crippen molar-refractivity contribution >= 4 is 16.7 Å². The Morgan fingerprint density at radius 2 is 1.69 bits per heavy atom. The highest BCUT2D eigenvalue weighted by molar-refractivity contribution is 5.83. The molecule has 0 saturated carbocycles. The van der Waals surface area contributed by atoms with Crippen molar-refractivity contribution < 1.29 is 48.9 Å². The van der Waals surface area contributed by atoms with Gasteiger partial charge >= 0.3 is 5.97 Å². The van der Waals surface area contributed by atoms with Crippen LogP contribution in [-0.4, -0.2) is 96.7 Å². The Morgan fingerprint density at radius 3 is 2.47 bits per heavy atom. The summed E-state index contributed by atoms with van der Waals surface area (Å²) >= 11 is 0. The van der Waals surface area contributed by atoms with Crippen LogP contribution in [0.3, 0.4) is 0 Å². The smallest absolute Gasteiger partial charge is 0.332 e. The molecule has 1 saturated heterocycles. The van der Waals surface area contributed by atoms with Gasteiger partial charge in [0.1, 0.15) is 50.0 Å². The molecule has 2 aromatic rings. The number of aliphatic hydroxyl groups is 4. The third kappa shape index (κ3) is 6.59. The van der Waals surface area contributed by atoms with Gasteiger partial charge in [-0.1, -0.05) is 30.3 Å². The second-order valence-corrected chi connectivity index (χ2v) is 7.19. The lowest BCUT2D eigenvalue weighted by molar-refractivity contribution is -0.294. The molecule has 1 aliphatic heterocycles. The first kappa shape index (κ1) is 24.3. The molecule has 1 heterocycles. The van der Waals surface area contributed by atoms with E-state index in [0.29, 0.717) is 13.2 Å². The molecule has 0 spiro atoms. The highest BCUT2D eigenvalue weighted by Crippen LogP contribution is 2.22. The van der Waals surface area contributed by atoms with E-state index < -0.39 is 49.9 Å². The number of fused-ring (bicyclic) bond motifs is 1. The first-order valence-corrected chi connectivity index (χ1v) is 10.3. The largest absolute Gasteiger partial charge is 0.491 e. The molecule has 2 aromatic carbocycles. The molecular formula is C22H28O10. The highest BCUT2D eigenvalue weighted by Gasteiger charge is 2.44. The van der Waals surface area contributed by atoms with Gasteiger partial charge in [-0.25, -0.2) is 4.79 Å². The first-order valence-electron chi connectivity index (χ1n) is 10.3. The number of aliphatic hydroxyl groups excluding tert-OH is 4. The Balaban J connectivity index is 1.27. The molecule has 1 unspecified atom stereocenters. The second kappa shape index (κ2) is 12.1. The van der Waals surface area contributed by atoms with Crippen molar-refractivity contribution in [3.8, 4) is 5.75 Å². The van der Waals surface area contributed by atoms with Crippen molar-refractivity contribution in [1.82, 2.24) is 0 Å². The van der Waals surface area contributed by atoms with E-state index in [9.17, 15) is 20.1 Å². The topological polar surface area (TPSA) is 144 Å². The highest BCUT2D eigenvalue weighted by atomic mass is 16.7. The maximum Gasteiger partial charge on any atom is 0.332 e. The van der Waals surface area contributed by atoms with Crippen LogP contribution in [0, 0.1) is 0 Å². The monoisotopic (exact) mass is 452 g/mol. The number of hydrogen-bond donors (Lipinski definition) is 4. The summed E-state index contributed by atoms with van der Waals surface area (Å²) in [5, 5.41) is 40.8. The van der Waals surface area contributed by atoms with E-state index in [1.807, 2.05) is 42.5 Å². The fourth-order valence-electron chi connectivity index (χ4n) is 3.26. The number of rotatable bonds is 11. The fourth-order valence-corrected chi connectivity index (χ4v) is 3.26. The van der Waals surface area contributed by atoms with Gasteiger partial charge in [0, 0.05) is 0 Å². The third-order valence-electron chi connectivity index (χ3n) is 4.94. The molecular weight excluding hydrogens is 424 g/mol. The van der Waals surface area contributed by atoms with Gasteiger partial charge < -0.3 is 44.1 Å². The molecule has 10 nitrogen and oxygen atoms in total.